The topological polar surface area (TPSA) is 71.2 Å². The number of unbranched alkanes of at least 4 members (excludes halogenated alkanes) is 1. The number of rotatable bonds is 5. The van der Waals surface area contributed by atoms with E-state index in [1.165, 1.54) is 24.6 Å². The van der Waals surface area contributed by atoms with Crippen LogP contribution in [0.5, 0.6) is 0 Å². The first-order chi connectivity index (χ1) is 20.0. The van der Waals surface area contributed by atoms with Gasteiger partial charge in [0, 0.05) is 37.7 Å². The standard InChI is InChI=1S/C30H28F2N4O2.C4H10/c1-15-11-18(14-33-26(15)27(37)30(2,31)32)17-9-10-21-22(12-17)36-23-13-24(28(36)34-21)35(3)29(38)20-6-4-5-19(25(20)23)16-7-8-16;1-3-4-2/h4-6,9-12,14,16,23-24,27,37H,7-8,13H2,1-3H3;3-4H2,1-2H3. The summed E-state index contributed by atoms with van der Waals surface area (Å²) < 4.78 is 29.7. The fraction of sp³-hybridized carbons (Fsp3) is 0.441. The molecule has 0 radical (unpaired) electrons. The van der Waals surface area contributed by atoms with Crippen molar-refractivity contribution in [2.75, 3.05) is 7.05 Å². The van der Waals surface area contributed by atoms with Crippen molar-refractivity contribution in [2.45, 2.75) is 89.8 Å². The van der Waals surface area contributed by atoms with E-state index < -0.39 is 12.0 Å². The lowest BCUT2D eigenvalue weighted by Gasteiger charge is -2.25. The van der Waals surface area contributed by atoms with Gasteiger partial charge in [-0.1, -0.05) is 44.9 Å². The third-order valence-electron chi connectivity index (χ3n) is 8.97. The zero-order chi connectivity index (χ0) is 29.9. The van der Waals surface area contributed by atoms with Gasteiger partial charge >= 0.3 is 0 Å². The molecule has 6 nitrogen and oxygen atoms in total. The molecule has 1 amide bonds. The van der Waals surface area contributed by atoms with Crippen LogP contribution in [0.1, 0.15) is 116 Å². The zero-order valence-corrected chi connectivity index (χ0v) is 24.9. The van der Waals surface area contributed by atoms with E-state index in [1.54, 1.807) is 13.0 Å². The van der Waals surface area contributed by atoms with Crippen LogP contribution in [-0.4, -0.2) is 43.4 Å². The van der Waals surface area contributed by atoms with Gasteiger partial charge in [0.25, 0.3) is 11.8 Å². The Bertz CT molecular complexity index is 1670. The van der Waals surface area contributed by atoms with Gasteiger partial charge in [0.05, 0.1) is 28.8 Å². The van der Waals surface area contributed by atoms with Gasteiger partial charge in [-0.15, -0.1) is 0 Å². The Hall–Kier alpha value is -3.65. The maximum Gasteiger partial charge on any atom is 0.276 e. The van der Waals surface area contributed by atoms with Crippen molar-refractivity contribution in [3.63, 3.8) is 0 Å². The molecule has 3 atom stereocenters. The summed E-state index contributed by atoms with van der Waals surface area (Å²) in [5.74, 6) is -1.83. The number of fused-ring (bicyclic) bond motifs is 9. The summed E-state index contributed by atoms with van der Waals surface area (Å²) in [5, 5.41) is 10.1. The van der Waals surface area contributed by atoms with Crippen LogP contribution in [0.4, 0.5) is 8.78 Å². The number of aromatic nitrogens is 3. The fourth-order valence-corrected chi connectivity index (χ4v) is 6.35. The van der Waals surface area contributed by atoms with Gasteiger partial charge in [-0.3, -0.25) is 9.78 Å². The van der Waals surface area contributed by atoms with E-state index in [0.717, 1.165) is 58.4 Å². The van der Waals surface area contributed by atoms with Crippen LogP contribution in [0.2, 0.25) is 0 Å². The number of aliphatic hydroxyl groups excluding tert-OH is 1. The molecule has 1 fully saturated rings. The van der Waals surface area contributed by atoms with Crippen LogP contribution in [0.25, 0.3) is 22.2 Å². The highest BCUT2D eigenvalue weighted by Crippen LogP contribution is 2.52. The summed E-state index contributed by atoms with van der Waals surface area (Å²) in [6, 6.07) is 13.8. The van der Waals surface area contributed by atoms with E-state index in [1.807, 2.05) is 36.2 Å². The number of amides is 1. The van der Waals surface area contributed by atoms with Crippen LogP contribution in [-0.2, 0) is 0 Å². The fourth-order valence-electron chi connectivity index (χ4n) is 6.35. The second-order valence-electron chi connectivity index (χ2n) is 12.1. The van der Waals surface area contributed by atoms with Crippen LogP contribution in [0.15, 0.2) is 48.7 Å². The van der Waals surface area contributed by atoms with Crippen LogP contribution < -0.4 is 0 Å². The van der Waals surface area contributed by atoms with Crippen LogP contribution in [0.3, 0.4) is 0 Å². The first-order valence-electron chi connectivity index (χ1n) is 15.0. The van der Waals surface area contributed by atoms with Crippen molar-refractivity contribution in [1.82, 2.24) is 19.4 Å². The smallest absolute Gasteiger partial charge is 0.276 e. The molecule has 2 bridgehead atoms. The predicted molar refractivity (Wildman–Crippen MR) is 160 cm³/mol. The van der Waals surface area contributed by atoms with Crippen LogP contribution in [0, 0.1) is 6.92 Å². The van der Waals surface area contributed by atoms with Crippen molar-refractivity contribution < 1.29 is 18.7 Å². The van der Waals surface area contributed by atoms with Gasteiger partial charge in [0.2, 0.25) is 0 Å². The lowest BCUT2D eigenvalue weighted by Crippen LogP contribution is -2.30. The maximum absolute atomic E-state index is 13.7. The summed E-state index contributed by atoms with van der Waals surface area (Å²) in [6.45, 7) is 6.74. The quantitative estimate of drug-likeness (QED) is 0.264. The van der Waals surface area contributed by atoms with Gasteiger partial charge < -0.3 is 14.6 Å². The number of hydrogen-bond donors (Lipinski definition) is 1. The highest BCUT2D eigenvalue weighted by molar-refractivity contribution is 5.97. The first-order valence-corrected chi connectivity index (χ1v) is 15.0. The number of carbonyl (C=O) groups excluding carboxylic acids is 1. The SMILES string of the molecule is CCCC.Cc1cc(-c2ccc3nc4n(c3c2)C2CC4N(C)C(=O)c3cccc(C4CC4)c32)cnc1C(O)C(C)(F)F. The molecule has 2 aliphatic heterocycles. The highest BCUT2D eigenvalue weighted by atomic mass is 19.3. The second kappa shape index (κ2) is 10.6. The average molecular weight is 573 g/mol. The number of alkyl halides is 2. The molecule has 1 saturated carbocycles. The number of carbonyl (C=O) groups is 1. The normalized spacial score (nSPS) is 20.1. The molecule has 0 spiro atoms. The summed E-state index contributed by atoms with van der Waals surface area (Å²) in [4.78, 5) is 24.5. The minimum absolute atomic E-state index is 0.0140. The molecule has 220 valence electrons. The maximum atomic E-state index is 13.7. The highest BCUT2D eigenvalue weighted by Gasteiger charge is 2.45. The van der Waals surface area contributed by atoms with Gasteiger partial charge in [-0.2, -0.15) is 0 Å². The van der Waals surface area contributed by atoms with Crippen molar-refractivity contribution >= 4 is 16.9 Å². The molecule has 2 aromatic heterocycles. The van der Waals surface area contributed by atoms with E-state index in [-0.39, 0.29) is 23.7 Å². The van der Waals surface area contributed by atoms with E-state index in [0.29, 0.717) is 18.4 Å². The van der Waals surface area contributed by atoms with E-state index in [4.69, 9.17) is 4.98 Å². The number of hydrogen-bond acceptors (Lipinski definition) is 4. The summed E-state index contributed by atoms with van der Waals surface area (Å²) >= 11 is 0. The second-order valence-corrected chi connectivity index (χ2v) is 12.1. The molecule has 2 aromatic carbocycles. The van der Waals surface area contributed by atoms with E-state index in [2.05, 4.69) is 35.5 Å². The molecule has 1 N–H and O–H groups in total. The minimum Gasteiger partial charge on any atom is -0.380 e. The average Bonchev–Trinajstić information content (AvgIpc) is 3.68. The Labute approximate surface area is 245 Å². The number of imidazole rings is 1. The number of benzene rings is 2. The molecule has 3 aliphatic rings. The molecule has 7 rings (SSSR count). The number of aliphatic hydroxyl groups is 1. The zero-order valence-electron chi connectivity index (χ0n) is 24.9. The third kappa shape index (κ3) is 4.70. The molecule has 1 aliphatic carbocycles. The lowest BCUT2D eigenvalue weighted by atomic mass is 9.91. The Morgan fingerprint density at radius 2 is 1.81 bits per heavy atom. The summed E-state index contributed by atoms with van der Waals surface area (Å²) in [6.07, 6.45) is 5.31. The van der Waals surface area contributed by atoms with Gasteiger partial charge in [0.1, 0.15) is 5.82 Å². The molecule has 8 heteroatoms. The molecular formula is C34H38F2N4O2. The molecule has 4 aromatic rings. The Balaban J connectivity index is 0.000000744. The number of pyridine rings is 1. The first kappa shape index (κ1) is 28.5. The van der Waals surface area contributed by atoms with E-state index in [9.17, 15) is 18.7 Å². The minimum atomic E-state index is -3.28. The summed E-state index contributed by atoms with van der Waals surface area (Å²) in [5.41, 5.74) is 7.19. The lowest BCUT2D eigenvalue weighted by molar-refractivity contribution is -0.0974. The third-order valence-corrected chi connectivity index (χ3v) is 8.97. The van der Waals surface area contributed by atoms with E-state index >= 15 is 0 Å². The molecule has 4 heterocycles. The molecular weight excluding hydrogens is 534 g/mol. The predicted octanol–water partition coefficient (Wildman–Crippen LogP) is 7.90. The molecule has 42 heavy (non-hydrogen) atoms. The van der Waals surface area contributed by atoms with Crippen LogP contribution >= 0.6 is 0 Å². The Kier molecular flexibility index (Phi) is 7.16. The number of aryl methyl sites for hydroxylation is 1. The summed E-state index contributed by atoms with van der Waals surface area (Å²) in [7, 11) is 1.87. The molecule has 0 saturated heterocycles. The monoisotopic (exact) mass is 572 g/mol. The Morgan fingerprint density at radius 3 is 2.45 bits per heavy atom. The number of halogens is 2. The van der Waals surface area contributed by atoms with Gasteiger partial charge in [-0.05, 0) is 72.2 Å². The van der Waals surface area contributed by atoms with Gasteiger partial charge in [-0.25, -0.2) is 13.8 Å². The number of nitrogens with zero attached hydrogens (tertiary/aromatic N) is 4. The van der Waals surface area contributed by atoms with Gasteiger partial charge in [0.15, 0.2) is 6.10 Å². The van der Waals surface area contributed by atoms with Crippen molar-refractivity contribution in [1.29, 1.82) is 0 Å². The van der Waals surface area contributed by atoms with Crippen molar-refractivity contribution in [3.8, 4) is 11.1 Å². The Morgan fingerprint density at radius 1 is 1.07 bits per heavy atom. The van der Waals surface area contributed by atoms with Crippen molar-refractivity contribution in [2.24, 2.45) is 0 Å². The van der Waals surface area contributed by atoms with Crippen molar-refractivity contribution in [3.05, 3.63) is 82.4 Å². The largest absolute Gasteiger partial charge is 0.380 e. The molecule has 3 unspecified atom stereocenters.